The molecule has 1 aliphatic heterocycles. The first-order chi connectivity index (χ1) is 13.5. The lowest BCUT2D eigenvalue weighted by Gasteiger charge is -2.38. The van der Waals surface area contributed by atoms with E-state index >= 15 is 0 Å². The average molecular weight is 402 g/mol. The lowest BCUT2D eigenvalue weighted by molar-refractivity contribution is -0.898. The van der Waals surface area contributed by atoms with Crippen LogP contribution in [0.3, 0.4) is 0 Å². The van der Waals surface area contributed by atoms with E-state index in [1.54, 1.807) is 24.3 Å². The summed E-state index contributed by atoms with van der Waals surface area (Å²) in [6, 6.07) is 16.9. The van der Waals surface area contributed by atoms with Crippen LogP contribution in [-0.2, 0) is 19.7 Å². The number of amides is 1. The largest absolute Gasteiger partial charge is 0.465 e. The fourth-order valence-corrected chi connectivity index (χ4v) is 3.94. The molecule has 148 valence electrons. The molecule has 0 aliphatic carbocycles. The minimum atomic E-state index is -0.618. The Morgan fingerprint density at radius 1 is 1.07 bits per heavy atom. The van der Waals surface area contributed by atoms with E-state index in [1.807, 2.05) is 37.3 Å². The van der Waals surface area contributed by atoms with Gasteiger partial charge in [-0.25, -0.2) is 0 Å². The number of carbonyl (C=O) groups is 2. The Hall–Kier alpha value is -2.37. The van der Waals surface area contributed by atoms with Gasteiger partial charge in [-0.3, -0.25) is 9.59 Å². The molecule has 0 radical (unpaired) electrons. The van der Waals surface area contributed by atoms with Crippen molar-refractivity contribution < 1.29 is 19.2 Å². The maximum Gasteiger partial charge on any atom is 0.317 e. The molecule has 0 atom stereocenters. The van der Waals surface area contributed by atoms with Crippen LogP contribution in [-0.4, -0.2) is 38.1 Å². The molecule has 5 nitrogen and oxygen atoms in total. The van der Waals surface area contributed by atoms with Crippen molar-refractivity contribution in [3.8, 4) is 0 Å². The summed E-state index contributed by atoms with van der Waals surface area (Å²) in [5.41, 5.74) is 1.11. The molecule has 3 rings (SSSR count). The third-order valence-electron chi connectivity index (χ3n) is 5.34. The summed E-state index contributed by atoms with van der Waals surface area (Å²) in [7, 11) is 0. The molecule has 0 unspecified atom stereocenters. The molecule has 28 heavy (non-hydrogen) atoms. The Labute approximate surface area is 170 Å². The van der Waals surface area contributed by atoms with Crippen LogP contribution in [0.2, 0.25) is 5.02 Å². The predicted octanol–water partition coefficient (Wildman–Crippen LogP) is 2.46. The number of esters is 1. The molecule has 2 N–H and O–H groups in total. The van der Waals surface area contributed by atoms with E-state index in [0.29, 0.717) is 31.0 Å². The van der Waals surface area contributed by atoms with Crippen LogP contribution in [0.15, 0.2) is 54.6 Å². The Kier molecular flexibility index (Phi) is 6.70. The molecule has 0 aromatic heterocycles. The van der Waals surface area contributed by atoms with Crippen molar-refractivity contribution in [1.29, 1.82) is 0 Å². The van der Waals surface area contributed by atoms with Gasteiger partial charge in [0, 0.05) is 23.6 Å². The van der Waals surface area contributed by atoms with Crippen molar-refractivity contribution in [3.05, 3.63) is 65.2 Å². The van der Waals surface area contributed by atoms with Gasteiger partial charge in [-0.05, 0) is 36.8 Å². The minimum absolute atomic E-state index is 0.0410. The van der Waals surface area contributed by atoms with Crippen molar-refractivity contribution in [2.24, 2.45) is 0 Å². The summed E-state index contributed by atoms with van der Waals surface area (Å²) in [5, 5.41) is 3.54. The highest BCUT2D eigenvalue weighted by atomic mass is 35.5. The van der Waals surface area contributed by atoms with Gasteiger partial charge in [-0.2, -0.15) is 0 Å². The molecule has 2 aromatic rings. The Bertz CT molecular complexity index is 800. The number of carbonyl (C=O) groups excluding carboxylic acids is 2. The Morgan fingerprint density at radius 2 is 1.71 bits per heavy atom. The van der Waals surface area contributed by atoms with Crippen molar-refractivity contribution >= 4 is 29.2 Å². The summed E-state index contributed by atoms with van der Waals surface area (Å²) >= 11 is 5.87. The van der Waals surface area contributed by atoms with E-state index < -0.39 is 5.41 Å². The summed E-state index contributed by atoms with van der Waals surface area (Å²) in [5.74, 6) is -0.202. The van der Waals surface area contributed by atoms with Gasteiger partial charge in [-0.15, -0.1) is 0 Å². The summed E-state index contributed by atoms with van der Waals surface area (Å²) in [4.78, 5) is 26.3. The number of hydrogen-bond donors (Lipinski definition) is 2. The highest BCUT2D eigenvalue weighted by Gasteiger charge is 2.46. The maximum absolute atomic E-state index is 12.8. The quantitative estimate of drug-likeness (QED) is 0.731. The lowest BCUT2D eigenvalue weighted by Crippen LogP contribution is -3.14. The monoisotopic (exact) mass is 401 g/mol. The zero-order valence-electron chi connectivity index (χ0n) is 16.0. The molecule has 0 bridgehead atoms. The fourth-order valence-electron chi connectivity index (χ4n) is 3.81. The van der Waals surface area contributed by atoms with Gasteiger partial charge in [0.1, 0.15) is 5.41 Å². The highest BCUT2D eigenvalue weighted by molar-refractivity contribution is 6.30. The predicted molar refractivity (Wildman–Crippen MR) is 110 cm³/mol. The van der Waals surface area contributed by atoms with Crippen LogP contribution in [0.25, 0.3) is 0 Å². The average Bonchev–Trinajstić information content (AvgIpc) is 2.71. The zero-order chi connectivity index (χ0) is 20.0. The first-order valence-electron chi connectivity index (χ1n) is 9.65. The number of likely N-dealkylation sites (tertiary alicyclic amines) is 1. The number of benzene rings is 2. The van der Waals surface area contributed by atoms with Crippen LogP contribution in [0.1, 0.15) is 25.3 Å². The molecular weight excluding hydrogens is 376 g/mol. The van der Waals surface area contributed by atoms with Gasteiger partial charge in [0.25, 0.3) is 5.91 Å². The topological polar surface area (TPSA) is 59.8 Å². The molecule has 1 amide bonds. The van der Waals surface area contributed by atoms with Gasteiger partial charge in [0.2, 0.25) is 0 Å². The second kappa shape index (κ2) is 9.22. The molecule has 2 aromatic carbocycles. The molecule has 0 saturated carbocycles. The highest BCUT2D eigenvalue weighted by Crippen LogP contribution is 2.34. The van der Waals surface area contributed by atoms with Crippen LogP contribution in [0.4, 0.5) is 5.69 Å². The van der Waals surface area contributed by atoms with Crippen LogP contribution < -0.4 is 10.2 Å². The molecule has 6 heteroatoms. The smallest absolute Gasteiger partial charge is 0.317 e. The van der Waals surface area contributed by atoms with E-state index in [1.165, 1.54) is 4.90 Å². The van der Waals surface area contributed by atoms with Gasteiger partial charge in [0.05, 0.1) is 19.7 Å². The van der Waals surface area contributed by atoms with E-state index in [9.17, 15) is 9.59 Å². The van der Waals surface area contributed by atoms with Crippen LogP contribution >= 0.6 is 11.6 Å². The van der Waals surface area contributed by atoms with Gasteiger partial charge in [0.15, 0.2) is 6.54 Å². The lowest BCUT2D eigenvalue weighted by atomic mass is 9.72. The Balaban J connectivity index is 1.63. The van der Waals surface area contributed by atoms with Gasteiger partial charge < -0.3 is 15.0 Å². The summed E-state index contributed by atoms with van der Waals surface area (Å²) in [6.45, 7) is 4.05. The molecular formula is C22H26ClN2O3+. The molecule has 1 fully saturated rings. The second-order valence-electron chi connectivity index (χ2n) is 7.15. The van der Waals surface area contributed by atoms with Gasteiger partial charge >= 0.3 is 5.97 Å². The number of hydrogen-bond acceptors (Lipinski definition) is 3. The maximum atomic E-state index is 12.8. The van der Waals surface area contributed by atoms with E-state index in [0.717, 1.165) is 24.3 Å². The third-order valence-corrected chi connectivity index (χ3v) is 5.59. The number of anilines is 1. The molecule has 1 saturated heterocycles. The van der Waals surface area contributed by atoms with Crippen molar-refractivity contribution in [3.63, 3.8) is 0 Å². The number of nitrogens with one attached hydrogen (secondary N) is 2. The fraction of sp³-hybridized carbons (Fsp3) is 0.364. The molecule has 0 spiro atoms. The first-order valence-corrected chi connectivity index (χ1v) is 10.0. The van der Waals surface area contributed by atoms with Crippen LogP contribution in [0, 0.1) is 0 Å². The summed E-state index contributed by atoms with van der Waals surface area (Å²) in [6.07, 6.45) is 1.33. The first kappa shape index (κ1) is 20.4. The SMILES string of the molecule is CCOC(=O)C1(c2ccccc2)CC[NH+](CC(=O)Nc2ccc(Cl)cc2)CC1. The van der Waals surface area contributed by atoms with Crippen molar-refractivity contribution in [1.82, 2.24) is 0 Å². The standard InChI is InChI=1S/C22H25ClN2O3/c1-2-28-21(27)22(17-6-4-3-5-7-17)12-14-25(15-13-22)16-20(26)24-19-10-8-18(23)9-11-19/h3-11H,2,12-16H2,1H3,(H,24,26)/p+1. The van der Waals surface area contributed by atoms with Gasteiger partial charge in [-0.1, -0.05) is 41.9 Å². The number of piperidine rings is 1. The minimum Gasteiger partial charge on any atom is -0.465 e. The second-order valence-corrected chi connectivity index (χ2v) is 7.59. The normalized spacial score (nSPS) is 21.7. The Morgan fingerprint density at radius 3 is 2.32 bits per heavy atom. The summed E-state index contributed by atoms with van der Waals surface area (Å²) < 4.78 is 5.41. The van der Waals surface area contributed by atoms with Crippen molar-refractivity contribution in [2.75, 3.05) is 31.6 Å². The molecule has 1 aliphatic rings. The van der Waals surface area contributed by atoms with Crippen molar-refractivity contribution in [2.45, 2.75) is 25.2 Å². The number of halogens is 1. The number of quaternary nitrogens is 1. The number of ether oxygens (including phenoxy) is 1. The van der Waals surface area contributed by atoms with E-state index in [4.69, 9.17) is 16.3 Å². The molecule has 1 heterocycles. The zero-order valence-corrected chi connectivity index (χ0v) is 16.8. The third kappa shape index (κ3) is 4.72. The van der Waals surface area contributed by atoms with E-state index in [-0.39, 0.29) is 11.9 Å². The van der Waals surface area contributed by atoms with E-state index in [2.05, 4.69) is 5.32 Å². The number of rotatable bonds is 6. The van der Waals surface area contributed by atoms with Crippen LogP contribution in [0.5, 0.6) is 0 Å².